The smallest absolute Gasteiger partial charge is 0.228 e. The Labute approximate surface area is 97.9 Å². The summed E-state index contributed by atoms with van der Waals surface area (Å²) >= 11 is 3.32. The molecule has 0 saturated carbocycles. The largest absolute Gasteiger partial charge is 0.474 e. The Hall–Kier alpha value is -0.810. The van der Waals surface area contributed by atoms with Gasteiger partial charge in [-0.05, 0) is 28.4 Å². The van der Waals surface area contributed by atoms with Crippen LogP contribution in [-0.4, -0.2) is 24.8 Å². The summed E-state index contributed by atoms with van der Waals surface area (Å²) < 4.78 is 11.4. The van der Waals surface area contributed by atoms with Crippen molar-refractivity contribution in [2.75, 3.05) is 25.6 Å². The first-order chi connectivity index (χ1) is 7.24. The summed E-state index contributed by atoms with van der Waals surface area (Å²) in [5.41, 5.74) is 6.16. The first-order valence-corrected chi connectivity index (χ1v) is 5.65. The van der Waals surface area contributed by atoms with Gasteiger partial charge in [0.15, 0.2) is 0 Å². The quantitative estimate of drug-likeness (QED) is 0.809. The van der Waals surface area contributed by atoms with Crippen molar-refractivity contribution in [3.05, 3.63) is 16.7 Å². The standard InChI is InChI=1S/C10H15BrN2O2/c1-2-3-14-4-5-15-10-9(11)6-8(12)7-13-10/h6-7H,2-5,12H2,1H3. The molecule has 5 heteroatoms. The zero-order chi connectivity index (χ0) is 11.1. The highest BCUT2D eigenvalue weighted by Crippen LogP contribution is 2.23. The Morgan fingerprint density at radius 2 is 2.20 bits per heavy atom. The fourth-order valence-electron chi connectivity index (χ4n) is 0.990. The van der Waals surface area contributed by atoms with Crippen molar-refractivity contribution in [2.45, 2.75) is 13.3 Å². The highest BCUT2D eigenvalue weighted by molar-refractivity contribution is 9.10. The topological polar surface area (TPSA) is 57.4 Å². The van der Waals surface area contributed by atoms with Crippen LogP contribution >= 0.6 is 15.9 Å². The first-order valence-electron chi connectivity index (χ1n) is 4.85. The Morgan fingerprint density at radius 3 is 2.87 bits per heavy atom. The molecule has 1 rings (SSSR count). The van der Waals surface area contributed by atoms with Gasteiger partial charge >= 0.3 is 0 Å². The molecule has 1 heterocycles. The van der Waals surface area contributed by atoms with E-state index in [1.54, 1.807) is 12.3 Å². The Balaban J connectivity index is 2.31. The van der Waals surface area contributed by atoms with Crippen molar-refractivity contribution in [1.82, 2.24) is 4.98 Å². The van der Waals surface area contributed by atoms with E-state index in [2.05, 4.69) is 27.8 Å². The lowest BCUT2D eigenvalue weighted by Gasteiger charge is -2.07. The van der Waals surface area contributed by atoms with E-state index in [-0.39, 0.29) is 0 Å². The van der Waals surface area contributed by atoms with Gasteiger partial charge in [-0.1, -0.05) is 6.92 Å². The normalized spacial score (nSPS) is 10.3. The molecule has 2 N–H and O–H groups in total. The van der Waals surface area contributed by atoms with Crippen molar-refractivity contribution in [3.8, 4) is 5.88 Å². The minimum Gasteiger partial charge on any atom is -0.474 e. The van der Waals surface area contributed by atoms with Gasteiger partial charge in [0.25, 0.3) is 0 Å². The molecule has 4 nitrogen and oxygen atoms in total. The number of hydrogen-bond acceptors (Lipinski definition) is 4. The summed E-state index contributed by atoms with van der Waals surface area (Å²) in [6.45, 7) is 3.90. The van der Waals surface area contributed by atoms with E-state index < -0.39 is 0 Å². The average Bonchev–Trinajstić information content (AvgIpc) is 2.20. The zero-order valence-corrected chi connectivity index (χ0v) is 10.3. The fourth-order valence-corrected chi connectivity index (χ4v) is 1.47. The third kappa shape index (κ3) is 4.48. The van der Waals surface area contributed by atoms with Crippen molar-refractivity contribution in [3.63, 3.8) is 0 Å². The van der Waals surface area contributed by atoms with Crippen LogP contribution in [0, 0.1) is 0 Å². The number of pyridine rings is 1. The van der Waals surface area contributed by atoms with Crippen LogP contribution in [0.25, 0.3) is 0 Å². The third-order valence-electron chi connectivity index (χ3n) is 1.64. The van der Waals surface area contributed by atoms with Crippen LogP contribution < -0.4 is 10.5 Å². The van der Waals surface area contributed by atoms with Crippen LogP contribution in [0.2, 0.25) is 0 Å². The number of nitrogen functional groups attached to an aromatic ring is 1. The molecule has 0 aliphatic heterocycles. The van der Waals surface area contributed by atoms with E-state index >= 15 is 0 Å². The van der Waals surface area contributed by atoms with Crippen LogP contribution in [-0.2, 0) is 4.74 Å². The van der Waals surface area contributed by atoms with Gasteiger partial charge in [-0.25, -0.2) is 4.98 Å². The summed E-state index contributed by atoms with van der Waals surface area (Å²) in [6.07, 6.45) is 2.58. The monoisotopic (exact) mass is 274 g/mol. The number of ether oxygens (including phenoxy) is 2. The van der Waals surface area contributed by atoms with E-state index in [1.165, 1.54) is 0 Å². The second-order valence-electron chi connectivity index (χ2n) is 3.02. The summed E-state index contributed by atoms with van der Waals surface area (Å²) in [4.78, 5) is 4.05. The Morgan fingerprint density at radius 1 is 1.40 bits per heavy atom. The number of anilines is 1. The molecular weight excluding hydrogens is 260 g/mol. The van der Waals surface area contributed by atoms with Gasteiger partial charge in [-0.15, -0.1) is 0 Å². The van der Waals surface area contributed by atoms with Crippen molar-refractivity contribution in [2.24, 2.45) is 0 Å². The molecule has 0 saturated heterocycles. The average molecular weight is 275 g/mol. The number of halogens is 1. The minimum atomic E-state index is 0.496. The summed E-state index contributed by atoms with van der Waals surface area (Å²) in [5, 5.41) is 0. The predicted molar refractivity (Wildman–Crippen MR) is 63.0 cm³/mol. The number of rotatable bonds is 6. The molecule has 0 radical (unpaired) electrons. The molecule has 0 spiro atoms. The number of nitrogens with zero attached hydrogens (tertiary/aromatic N) is 1. The van der Waals surface area contributed by atoms with Gasteiger partial charge in [0.05, 0.1) is 23.0 Å². The van der Waals surface area contributed by atoms with E-state index in [4.69, 9.17) is 15.2 Å². The zero-order valence-electron chi connectivity index (χ0n) is 8.70. The molecule has 0 aliphatic carbocycles. The van der Waals surface area contributed by atoms with Crippen molar-refractivity contribution >= 4 is 21.6 Å². The van der Waals surface area contributed by atoms with Crippen LogP contribution in [0.1, 0.15) is 13.3 Å². The lowest BCUT2D eigenvalue weighted by molar-refractivity contribution is 0.0987. The maximum atomic E-state index is 5.55. The van der Waals surface area contributed by atoms with Crippen LogP contribution in [0.5, 0.6) is 5.88 Å². The second-order valence-corrected chi connectivity index (χ2v) is 3.87. The molecule has 1 aromatic rings. The molecule has 0 unspecified atom stereocenters. The molecular formula is C10H15BrN2O2. The number of nitrogens with two attached hydrogens (primary N) is 1. The maximum absolute atomic E-state index is 5.55. The summed E-state index contributed by atoms with van der Waals surface area (Å²) in [7, 11) is 0. The van der Waals surface area contributed by atoms with Crippen molar-refractivity contribution in [1.29, 1.82) is 0 Å². The molecule has 0 atom stereocenters. The highest BCUT2D eigenvalue weighted by atomic mass is 79.9. The van der Waals surface area contributed by atoms with Gasteiger partial charge in [-0.3, -0.25) is 0 Å². The van der Waals surface area contributed by atoms with Gasteiger partial charge in [0.2, 0.25) is 5.88 Å². The molecule has 15 heavy (non-hydrogen) atoms. The molecule has 0 aliphatic rings. The Kier molecular flexibility index (Phi) is 5.42. The van der Waals surface area contributed by atoms with Gasteiger partial charge < -0.3 is 15.2 Å². The number of aromatic nitrogens is 1. The summed E-state index contributed by atoms with van der Waals surface area (Å²) in [6, 6.07) is 1.76. The van der Waals surface area contributed by atoms with Gasteiger partial charge in [0.1, 0.15) is 6.61 Å². The predicted octanol–water partition coefficient (Wildman–Crippen LogP) is 2.23. The summed E-state index contributed by atoms with van der Waals surface area (Å²) in [5.74, 6) is 0.546. The van der Waals surface area contributed by atoms with Crippen LogP contribution in [0.4, 0.5) is 5.69 Å². The molecule has 0 amide bonds. The molecule has 0 fully saturated rings. The molecule has 0 bridgehead atoms. The van der Waals surface area contributed by atoms with E-state index in [0.717, 1.165) is 17.5 Å². The second kappa shape index (κ2) is 6.63. The first kappa shape index (κ1) is 12.3. The Bertz CT molecular complexity index is 307. The fraction of sp³-hybridized carbons (Fsp3) is 0.500. The number of hydrogen-bond donors (Lipinski definition) is 1. The third-order valence-corrected chi connectivity index (χ3v) is 2.21. The van der Waals surface area contributed by atoms with Crippen LogP contribution in [0.3, 0.4) is 0 Å². The lowest BCUT2D eigenvalue weighted by Crippen LogP contribution is -2.08. The van der Waals surface area contributed by atoms with Crippen molar-refractivity contribution < 1.29 is 9.47 Å². The van der Waals surface area contributed by atoms with Gasteiger partial charge in [0, 0.05) is 6.61 Å². The maximum Gasteiger partial charge on any atom is 0.228 e. The highest BCUT2D eigenvalue weighted by Gasteiger charge is 2.02. The molecule has 1 aromatic heterocycles. The minimum absolute atomic E-state index is 0.496. The van der Waals surface area contributed by atoms with Crippen LogP contribution in [0.15, 0.2) is 16.7 Å². The molecule has 0 aromatic carbocycles. The van der Waals surface area contributed by atoms with Gasteiger partial charge in [-0.2, -0.15) is 0 Å². The lowest BCUT2D eigenvalue weighted by atomic mass is 10.4. The molecule has 84 valence electrons. The van der Waals surface area contributed by atoms with E-state index in [9.17, 15) is 0 Å². The van der Waals surface area contributed by atoms with E-state index in [0.29, 0.717) is 24.8 Å². The van der Waals surface area contributed by atoms with E-state index in [1.807, 2.05) is 0 Å². The SMILES string of the molecule is CCCOCCOc1ncc(N)cc1Br.